The zero-order chi connectivity index (χ0) is 15.8. The van der Waals surface area contributed by atoms with Gasteiger partial charge in [0.2, 0.25) is 0 Å². The van der Waals surface area contributed by atoms with Crippen LogP contribution >= 0.6 is 31.9 Å². The van der Waals surface area contributed by atoms with Crippen molar-refractivity contribution >= 4 is 37.8 Å². The van der Waals surface area contributed by atoms with E-state index in [9.17, 15) is 4.79 Å². The van der Waals surface area contributed by atoms with Gasteiger partial charge in [0.1, 0.15) is 12.4 Å². The van der Waals surface area contributed by atoms with Crippen LogP contribution in [0.4, 0.5) is 0 Å². The Balaban J connectivity index is 1.75. The molecule has 22 heavy (non-hydrogen) atoms. The highest BCUT2D eigenvalue weighted by atomic mass is 79.9. The van der Waals surface area contributed by atoms with Crippen LogP contribution in [0, 0.1) is 11.8 Å². The van der Waals surface area contributed by atoms with Crippen LogP contribution in [0.25, 0.3) is 0 Å². The Morgan fingerprint density at radius 2 is 1.91 bits per heavy atom. The van der Waals surface area contributed by atoms with Gasteiger partial charge >= 0.3 is 0 Å². The van der Waals surface area contributed by atoms with Gasteiger partial charge in [-0.2, -0.15) is 0 Å². The summed E-state index contributed by atoms with van der Waals surface area (Å²) < 4.78 is 7.19. The molecule has 0 aliphatic carbocycles. The molecule has 0 heterocycles. The molecule has 3 nitrogen and oxygen atoms in total. The van der Waals surface area contributed by atoms with Gasteiger partial charge in [-0.25, -0.2) is 0 Å². The lowest BCUT2D eigenvalue weighted by atomic mass is 10.2. The molecule has 1 amide bonds. The lowest BCUT2D eigenvalue weighted by molar-refractivity contribution is 0.0958. The zero-order valence-corrected chi connectivity index (χ0v) is 14.8. The molecule has 0 aliphatic heterocycles. The lowest BCUT2D eigenvalue weighted by Crippen LogP contribution is -2.23. The molecule has 5 heteroatoms. The van der Waals surface area contributed by atoms with Crippen molar-refractivity contribution in [1.82, 2.24) is 5.32 Å². The minimum atomic E-state index is -0.158. The fourth-order valence-electron chi connectivity index (χ4n) is 1.65. The van der Waals surface area contributed by atoms with E-state index >= 15 is 0 Å². The molecule has 0 bridgehead atoms. The van der Waals surface area contributed by atoms with Crippen LogP contribution in [0.2, 0.25) is 0 Å². The van der Waals surface area contributed by atoms with Crippen LogP contribution in [-0.4, -0.2) is 19.1 Å². The van der Waals surface area contributed by atoms with Crippen LogP contribution in [0.3, 0.4) is 0 Å². The second kappa shape index (κ2) is 8.62. The number of carbonyl (C=O) groups excluding carboxylic acids is 1. The second-order valence-corrected chi connectivity index (χ2v) is 6.03. The van der Waals surface area contributed by atoms with Crippen LogP contribution in [0.1, 0.15) is 10.4 Å². The van der Waals surface area contributed by atoms with Crippen LogP contribution < -0.4 is 10.1 Å². The third-order valence-electron chi connectivity index (χ3n) is 2.69. The van der Waals surface area contributed by atoms with Crippen molar-refractivity contribution in [3.63, 3.8) is 0 Å². The van der Waals surface area contributed by atoms with Gasteiger partial charge in [0, 0.05) is 8.95 Å². The van der Waals surface area contributed by atoms with Crippen molar-refractivity contribution in [3.8, 4) is 17.6 Å². The molecule has 0 radical (unpaired) electrons. The van der Waals surface area contributed by atoms with E-state index < -0.39 is 0 Å². The third kappa shape index (κ3) is 5.21. The summed E-state index contributed by atoms with van der Waals surface area (Å²) in [7, 11) is 0. The molecule has 0 spiro atoms. The van der Waals surface area contributed by atoms with Crippen molar-refractivity contribution in [3.05, 3.63) is 63.0 Å². The molecular formula is C17H13Br2NO2. The van der Waals surface area contributed by atoms with E-state index in [1.807, 2.05) is 42.5 Å². The van der Waals surface area contributed by atoms with E-state index in [-0.39, 0.29) is 19.1 Å². The monoisotopic (exact) mass is 421 g/mol. The van der Waals surface area contributed by atoms with Crippen molar-refractivity contribution < 1.29 is 9.53 Å². The third-order valence-corrected chi connectivity index (χ3v) is 3.87. The molecule has 0 aliphatic rings. The van der Waals surface area contributed by atoms with Crippen molar-refractivity contribution in [1.29, 1.82) is 0 Å². The summed E-state index contributed by atoms with van der Waals surface area (Å²) in [6.07, 6.45) is 0. The maximum Gasteiger partial charge on any atom is 0.253 e. The minimum Gasteiger partial charge on any atom is -0.481 e. The lowest BCUT2D eigenvalue weighted by Gasteiger charge is -2.03. The van der Waals surface area contributed by atoms with Gasteiger partial charge in [-0.3, -0.25) is 4.79 Å². The molecule has 0 aromatic heterocycles. The largest absolute Gasteiger partial charge is 0.481 e. The zero-order valence-electron chi connectivity index (χ0n) is 11.6. The molecule has 2 aromatic carbocycles. The Hall–Kier alpha value is -1.77. The minimum absolute atomic E-state index is 0.158. The smallest absolute Gasteiger partial charge is 0.253 e. The first-order valence-electron chi connectivity index (χ1n) is 6.53. The molecule has 2 aromatic rings. The highest BCUT2D eigenvalue weighted by Gasteiger charge is 2.06. The maximum atomic E-state index is 11.9. The number of carbonyl (C=O) groups is 1. The van der Waals surface area contributed by atoms with E-state index in [1.165, 1.54) is 0 Å². The van der Waals surface area contributed by atoms with Gasteiger partial charge in [-0.15, -0.1) is 0 Å². The summed E-state index contributed by atoms with van der Waals surface area (Å²) in [5, 5.41) is 2.74. The Morgan fingerprint density at radius 1 is 1.09 bits per heavy atom. The summed E-state index contributed by atoms with van der Waals surface area (Å²) in [5.74, 6) is 6.31. The molecule has 112 valence electrons. The number of amides is 1. The Kier molecular flexibility index (Phi) is 6.50. The topological polar surface area (TPSA) is 38.3 Å². The fraction of sp³-hybridized carbons (Fsp3) is 0.118. The van der Waals surface area contributed by atoms with E-state index in [0.717, 1.165) is 14.7 Å². The van der Waals surface area contributed by atoms with Crippen molar-refractivity contribution in [2.24, 2.45) is 0 Å². The average Bonchev–Trinajstić information content (AvgIpc) is 2.51. The van der Waals surface area contributed by atoms with Crippen LogP contribution in [0.5, 0.6) is 5.75 Å². The van der Waals surface area contributed by atoms with Gasteiger partial charge in [0.05, 0.1) is 12.1 Å². The van der Waals surface area contributed by atoms with Crippen molar-refractivity contribution in [2.75, 3.05) is 13.2 Å². The maximum absolute atomic E-state index is 11.9. The number of halogens is 2. The van der Waals surface area contributed by atoms with Gasteiger partial charge in [0.15, 0.2) is 0 Å². The highest BCUT2D eigenvalue weighted by Crippen LogP contribution is 2.17. The summed E-state index contributed by atoms with van der Waals surface area (Å²) in [6.45, 7) is 0.559. The molecule has 0 fully saturated rings. The SMILES string of the molecule is O=C(NCC#CCOc1cccc(Br)c1)c1ccccc1Br. The first kappa shape index (κ1) is 16.6. The molecule has 0 unspecified atom stereocenters. The van der Waals surface area contributed by atoms with Crippen LogP contribution in [-0.2, 0) is 0 Å². The number of nitrogens with one attached hydrogen (secondary N) is 1. The van der Waals surface area contributed by atoms with E-state index in [4.69, 9.17) is 4.74 Å². The quantitative estimate of drug-likeness (QED) is 0.755. The number of rotatable bonds is 4. The Labute approximate surface area is 146 Å². The molecule has 1 N–H and O–H groups in total. The highest BCUT2D eigenvalue weighted by molar-refractivity contribution is 9.10. The standard InChI is InChI=1S/C17H13Br2NO2/c18-13-6-5-7-14(12-13)22-11-4-3-10-20-17(21)15-8-1-2-9-16(15)19/h1-2,5-9,12H,10-11H2,(H,20,21). The van der Waals surface area contributed by atoms with Gasteiger partial charge in [-0.05, 0) is 46.3 Å². The Bertz CT molecular complexity index is 720. The summed E-state index contributed by atoms with van der Waals surface area (Å²) in [5.41, 5.74) is 0.592. The molecular weight excluding hydrogens is 410 g/mol. The van der Waals surface area contributed by atoms with Gasteiger partial charge < -0.3 is 10.1 Å². The molecule has 0 saturated carbocycles. The predicted octanol–water partition coefficient (Wildman–Crippen LogP) is 4.02. The summed E-state index contributed by atoms with van der Waals surface area (Å²) >= 11 is 6.71. The number of hydrogen-bond donors (Lipinski definition) is 1. The number of hydrogen-bond acceptors (Lipinski definition) is 2. The predicted molar refractivity (Wildman–Crippen MR) is 93.9 cm³/mol. The number of ether oxygens (including phenoxy) is 1. The summed E-state index contributed by atoms with van der Waals surface area (Å²) in [6, 6.07) is 14.8. The first-order valence-corrected chi connectivity index (χ1v) is 8.12. The number of benzene rings is 2. The summed E-state index contributed by atoms with van der Waals surface area (Å²) in [4.78, 5) is 11.9. The normalized spacial score (nSPS) is 9.55. The Morgan fingerprint density at radius 3 is 2.68 bits per heavy atom. The molecule has 2 rings (SSSR count). The van der Waals surface area contributed by atoms with Gasteiger partial charge in [-0.1, -0.05) is 46.0 Å². The second-order valence-electron chi connectivity index (χ2n) is 4.26. The molecule has 0 saturated heterocycles. The van der Waals surface area contributed by atoms with Crippen LogP contribution in [0.15, 0.2) is 57.5 Å². The molecule has 0 atom stereocenters. The van der Waals surface area contributed by atoms with E-state index in [1.54, 1.807) is 6.07 Å². The first-order chi connectivity index (χ1) is 10.7. The fourth-order valence-corrected chi connectivity index (χ4v) is 2.50. The van der Waals surface area contributed by atoms with E-state index in [0.29, 0.717) is 5.56 Å². The average molecular weight is 423 g/mol. The van der Waals surface area contributed by atoms with Gasteiger partial charge in [0.25, 0.3) is 5.91 Å². The van der Waals surface area contributed by atoms with E-state index in [2.05, 4.69) is 49.0 Å². The van der Waals surface area contributed by atoms with Crippen molar-refractivity contribution in [2.45, 2.75) is 0 Å².